The summed E-state index contributed by atoms with van der Waals surface area (Å²) in [6, 6.07) is 13.8. The third-order valence-corrected chi connectivity index (χ3v) is 3.85. The van der Waals surface area contributed by atoms with Crippen LogP contribution in [0.2, 0.25) is 0 Å². The minimum atomic E-state index is -0.269. The number of halogens is 1. The van der Waals surface area contributed by atoms with E-state index in [-0.39, 0.29) is 17.8 Å². The number of carbonyl (C=O) groups excluding carboxylic acids is 1. The summed E-state index contributed by atoms with van der Waals surface area (Å²) < 4.78 is 13.0. The lowest BCUT2D eigenvalue weighted by Gasteiger charge is -2.10. The van der Waals surface area contributed by atoms with Crippen LogP contribution in [-0.2, 0) is 0 Å². The summed E-state index contributed by atoms with van der Waals surface area (Å²) in [4.78, 5) is 12.3. The molecule has 3 nitrogen and oxygen atoms in total. The van der Waals surface area contributed by atoms with E-state index < -0.39 is 0 Å². The smallest absolute Gasteiger partial charge is 0.267 e. The summed E-state index contributed by atoms with van der Waals surface area (Å²) in [5.41, 5.74) is 3.46. The van der Waals surface area contributed by atoms with Crippen LogP contribution in [0.5, 0.6) is 0 Å². The van der Waals surface area contributed by atoms with Crippen molar-refractivity contribution in [2.24, 2.45) is 5.10 Å². The van der Waals surface area contributed by atoms with E-state index in [1.807, 2.05) is 24.3 Å². The van der Waals surface area contributed by atoms with Gasteiger partial charge in [0.1, 0.15) is 5.82 Å². The van der Waals surface area contributed by atoms with Gasteiger partial charge in [-0.2, -0.15) is 5.10 Å². The van der Waals surface area contributed by atoms with E-state index in [1.165, 1.54) is 12.1 Å². The van der Waals surface area contributed by atoms with Gasteiger partial charge in [0.05, 0.1) is 11.8 Å². The maximum absolute atomic E-state index is 13.0. The molecule has 0 saturated carbocycles. The molecule has 0 bridgehead atoms. The van der Waals surface area contributed by atoms with Crippen LogP contribution in [0.1, 0.15) is 33.9 Å². The Balaban J connectivity index is 1.72. The summed E-state index contributed by atoms with van der Waals surface area (Å²) in [6.07, 6.45) is 0.675. The Hall–Kier alpha value is -2.49. The minimum absolute atomic E-state index is 0.0150. The molecule has 1 amide bonds. The van der Waals surface area contributed by atoms with Crippen molar-refractivity contribution in [3.8, 4) is 0 Å². The first-order chi connectivity index (χ1) is 9.74. The fourth-order valence-corrected chi connectivity index (χ4v) is 2.86. The average Bonchev–Trinajstić information content (AvgIpc) is 3.01. The summed E-state index contributed by atoms with van der Waals surface area (Å²) >= 11 is 0. The maximum Gasteiger partial charge on any atom is 0.274 e. The number of rotatable bonds is 1. The number of hydrogen-bond donors (Lipinski definition) is 0. The van der Waals surface area contributed by atoms with Crippen LogP contribution in [0.4, 0.5) is 4.39 Å². The van der Waals surface area contributed by atoms with Gasteiger partial charge in [-0.15, -0.1) is 0 Å². The lowest BCUT2D eigenvalue weighted by molar-refractivity contribution is 0.0756. The highest BCUT2D eigenvalue weighted by molar-refractivity contribution is 6.07. The fraction of sp³-hybridized carbons (Fsp3) is 0.125. The number of carbonyl (C=O) groups is 1. The Morgan fingerprint density at radius 2 is 1.85 bits per heavy atom. The second-order valence-electron chi connectivity index (χ2n) is 5.01. The van der Waals surface area contributed by atoms with Crippen molar-refractivity contribution in [1.29, 1.82) is 0 Å². The van der Waals surface area contributed by atoms with Crippen LogP contribution < -0.4 is 0 Å². The standard InChI is InChI=1S/C16H11FN2O/c17-11-7-5-10(6-8-11)14-9-15-12-3-1-2-4-13(12)16(20)19(15)18-14/h1-8,15H,9H2. The van der Waals surface area contributed by atoms with Crippen LogP contribution in [0.3, 0.4) is 0 Å². The first-order valence-electron chi connectivity index (χ1n) is 6.50. The first kappa shape index (κ1) is 11.3. The second kappa shape index (κ2) is 4.00. The van der Waals surface area contributed by atoms with Gasteiger partial charge >= 0.3 is 0 Å². The molecule has 4 heteroatoms. The van der Waals surface area contributed by atoms with Crippen LogP contribution >= 0.6 is 0 Å². The number of fused-ring (bicyclic) bond motifs is 3. The molecule has 0 saturated heterocycles. The Kier molecular flexibility index (Phi) is 2.27. The molecule has 0 N–H and O–H groups in total. The fourth-order valence-electron chi connectivity index (χ4n) is 2.86. The molecule has 2 aliphatic rings. The zero-order valence-electron chi connectivity index (χ0n) is 10.6. The van der Waals surface area contributed by atoms with Crippen LogP contribution in [0.15, 0.2) is 53.6 Å². The number of nitrogens with zero attached hydrogens (tertiary/aromatic N) is 2. The molecule has 0 spiro atoms. The minimum Gasteiger partial charge on any atom is -0.267 e. The van der Waals surface area contributed by atoms with E-state index in [0.717, 1.165) is 22.4 Å². The van der Waals surface area contributed by atoms with Crippen molar-refractivity contribution in [3.63, 3.8) is 0 Å². The Morgan fingerprint density at radius 1 is 1.10 bits per heavy atom. The Morgan fingerprint density at radius 3 is 2.65 bits per heavy atom. The molecule has 1 atom stereocenters. The molecule has 4 rings (SSSR count). The molecule has 1 unspecified atom stereocenters. The lowest BCUT2D eigenvalue weighted by Crippen LogP contribution is -2.17. The van der Waals surface area contributed by atoms with E-state index >= 15 is 0 Å². The molecule has 0 fully saturated rings. The second-order valence-corrected chi connectivity index (χ2v) is 5.01. The van der Waals surface area contributed by atoms with Gasteiger partial charge < -0.3 is 0 Å². The molecule has 2 heterocycles. The third kappa shape index (κ3) is 1.51. The summed E-state index contributed by atoms with van der Waals surface area (Å²) in [5, 5.41) is 5.97. The average molecular weight is 266 g/mol. The maximum atomic E-state index is 13.0. The SMILES string of the molecule is O=C1c2ccccc2C2CC(c3ccc(F)cc3)=NN12. The quantitative estimate of drug-likeness (QED) is 0.780. The van der Waals surface area contributed by atoms with Crippen LogP contribution in [0, 0.1) is 5.82 Å². The monoisotopic (exact) mass is 266 g/mol. The molecule has 2 aliphatic heterocycles. The molecule has 0 aromatic heterocycles. The van der Waals surface area contributed by atoms with Gasteiger partial charge in [0.15, 0.2) is 0 Å². The molecular weight excluding hydrogens is 255 g/mol. The highest BCUT2D eigenvalue weighted by atomic mass is 19.1. The van der Waals surface area contributed by atoms with Crippen molar-refractivity contribution in [2.75, 3.05) is 0 Å². The van der Waals surface area contributed by atoms with Gasteiger partial charge in [0, 0.05) is 12.0 Å². The van der Waals surface area contributed by atoms with Crippen molar-refractivity contribution >= 4 is 11.6 Å². The van der Waals surface area contributed by atoms with Gasteiger partial charge in [-0.3, -0.25) is 4.79 Å². The number of hydrogen-bond acceptors (Lipinski definition) is 2. The largest absolute Gasteiger partial charge is 0.274 e. The molecule has 0 radical (unpaired) electrons. The van der Waals surface area contributed by atoms with Gasteiger partial charge in [-0.25, -0.2) is 9.40 Å². The third-order valence-electron chi connectivity index (χ3n) is 3.85. The molecular formula is C16H11FN2O. The highest BCUT2D eigenvalue weighted by Crippen LogP contribution is 2.40. The van der Waals surface area contributed by atoms with Crippen molar-refractivity contribution < 1.29 is 9.18 Å². The number of benzene rings is 2. The van der Waals surface area contributed by atoms with Gasteiger partial charge in [0.25, 0.3) is 5.91 Å². The zero-order valence-corrected chi connectivity index (χ0v) is 10.6. The van der Waals surface area contributed by atoms with E-state index in [9.17, 15) is 9.18 Å². The van der Waals surface area contributed by atoms with E-state index in [1.54, 1.807) is 17.1 Å². The summed E-state index contributed by atoms with van der Waals surface area (Å²) in [6.45, 7) is 0. The van der Waals surface area contributed by atoms with Gasteiger partial charge in [-0.1, -0.05) is 30.3 Å². The highest BCUT2D eigenvalue weighted by Gasteiger charge is 2.41. The van der Waals surface area contributed by atoms with E-state index in [4.69, 9.17) is 0 Å². The van der Waals surface area contributed by atoms with E-state index in [0.29, 0.717) is 6.42 Å². The summed E-state index contributed by atoms with van der Waals surface area (Å²) in [7, 11) is 0. The predicted molar refractivity (Wildman–Crippen MR) is 72.9 cm³/mol. The predicted octanol–water partition coefficient (Wildman–Crippen LogP) is 3.13. The molecule has 20 heavy (non-hydrogen) atoms. The Labute approximate surface area is 115 Å². The van der Waals surface area contributed by atoms with Crippen molar-refractivity contribution in [2.45, 2.75) is 12.5 Å². The van der Waals surface area contributed by atoms with Gasteiger partial charge in [0.2, 0.25) is 0 Å². The first-order valence-corrected chi connectivity index (χ1v) is 6.50. The van der Waals surface area contributed by atoms with Crippen LogP contribution in [-0.4, -0.2) is 16.6 Å². The van der Waals surface area contributed by atoms with Crippen molar-refractivity contribution in [3.05, 3.63) is 71.0 Å². The van der Waals surface area contributed by atoms with Crippen molar-refractivity contribution in [1.82, 2.24) is 5.01 Å². The number of hydrazone groups is 1. The van der Waals surface area contributed by atoms with Gasteiger partial charge in [-0.05, 0) is 29.3 Å². The van der Waals surface area contributed by atoms with Crippen LogP contribution in [0.25, 0.3) is 0 Å². The molecule has 2 aromatic carbocycles. The molecule has 98 valence electrons. The number of amides is 1. The topological polar surface area (TPSA) is 32.7 Å². The Bertz CT molecular complexity index is 736. The summed E-state index contributed by atoms with van der Waals surface area (Å²) in [5.74, 6) is -0.322. The molecule has 0 aliphatic carbocycles. The normalized spacial score (nSPS) is 19.9. The van der Waals surface area contributed by atoms with E-state index in [2.05, 4.69) is 5.10 Å². The molecule has 2 aromatic rings. The lowest BCUT2D eigenvalue weighted by atomic mass is 9.98. The zero-order chi connectivity index (χ0) is 13.7.